The maximum Gasteiger partial charge on any atom is 0.344 e. The Morgan fingerprint density at radius 2 is 2.10 bits per heavy atom. The quantitative estimate of drug-likeness (QED) is 0.563. The topological polar surface area (TPSA) is 130 Å². The Morgan fingerprint density at radius 1 is 1.31 bits per heavy atom. The minimum atomic E-state index is -3.09. The average molecular weight is 437 g/mol. The molecule has 0 unspecified atom stereocenters. The summed E-state index contributed by atoms with van der Waals surface area (Å²) in [5, 5.41) is 3.86. The molecule has 3 aromatic rings. The van der Waals surface area contributed by atoms with Crippen LogP contribution >= 0.6 is 11.3 Å². The van der Waals surface area contributed by atoms with Crippen LogP contribution in [-0.2, 0) is 21.1 Å². The standard InChI is InChI=1S/C17H20N6O4S2/c1-29(25,26)10-18-9-12-6-13-15(23-2-4-27-5-3-23)21-14(22-16(13)28-12)11-7-19-17(24)20-8-11/h6-8,18H,2-5,9-10H2,1H3,(H,19,20,24). The third-order valence-electron chi connectivity index (χ3n) is 4.33. The summed E-state index contributed by atoms with van der Waals surface area (Å²) in [4.78, 5) is 30.9. The number of aromatic nitrogens is 4. The second-order valence-electron chi connectivity index (χ2n) is 6.71. The summed E-state index contributed by atoms with van der Waals surface area (Å²) < 4.78 is 28.1. The van der Waals surface area contributed by atoms with E-state index in [0.717, 1.165) is 20.9 Å². The van der Waals surface area contributed by atoms with E-state index in [0.29, 0.717) is 44.2 Å². The van der Waals surface area contributed by atoms with Gasteiger partial charge in [-0.25, -0.2) is 28.2 Å². The van der Waals surface area contributed by atoms with Gasteiger partial charge in [0, 0.05) is 43.2 Å². The summed E-state index contributed by atoms with van der Waals surface area (Å²) in [5.41, 5.74) is 0.185. The number of nitrogens with one attached hydrogen (secondary N) is 2. The Kier molecular flexibility index (Phi) is 5.58. The molecule has 0 aromatic carbocycles. The Morgan fingerprint density at radius 3 is 2.79 bits per heavy atom. The lowest BCUT2D eigenvalue weighted by Gasteiger charge is -2.28. The number of ether oxygens (including phenoxy) is 1. The number of morpholine rings is 1. The van der Waals surface area contributed by atoms with E-state index in [4.69, 9.17) is 9.72 Å². The number of thiophene rings is 1. The number of hydrogen-bond acceptors (Lipinski definition) is 10. The molecular weight excluding hydrogens is 416 g/mol. The van der Waals surface area contributed by atoms with Gasteiger partial charge in [0.2, 0.25) is 0 Å². The van der Waals surface area contributed by atoms with Crippen molar-refractivity contribution in [3.63, 3.8) is 0 Å². The first-order valence-electron chi connectivity index (χ1n) is 8.96. The number of aromatic amines is 1. The van der Waals surface area contributed by atoms with Gasteiger partial charge in [0.25, 0.3) is 0 Å². The molecule has 4 rings (SSSR count). The van der Waals surface area contributed by atoms with Gasteiger partial charge in [-0.15, -0.1) is 11.3 Å². The molecule has 29 heavy (non-hydrogen) atoms. The van der Waals surface area contributed by atoms with Crippen LogP contribution in [0.15, 0.2) is 23.3 Å². The second kappa shape index (κ2) is 8.14. The predicted molar refractivity (Wildman–Crippen MR) is 111 cm³/mol. The van der Waals surface area contributed by atoms with E-state index in [9.17, 15) is 13.2 Å². The molecule has 0 spiro atoms. The van der Waals surface area contributed by atoms with E-state index < -0.39 is 15.5 Å². The molecular formula is C17H20N6O4S2. The third kappa shape index (κ3) is 4.78. The minimum absolute atomic E-state index is 0.0858. The van der Waals surface area contributed by atoms with Crippen molar-refractivity contribution in [2.45, 2.75) is 6.54 Å². The zero-order chi connectivity index (χ0) is 20.4. The van der Waals surface area contributed by atoms with Crippen molar-refractivity contribution in [3.8, 4) is 11.4 Å². The number of H-pyrrole nitrogens is 1. The van der Waals surface area contributed by atoms with E-state index in [1.165, 1.54) is 23.8 Å². The Labute approximate surface area is 170 Å². The Balaban J connectivity index is 1.73. The normalized spacial score (nSPS) is 15.1. The smallest absolute Gasteiger partial charge is 0.344 e. The number of sulfone groups is 1. The lowest BCUT2D eigenvalue weighted by molar-refractivity contribution is 0.122. The van der Waals surface area contributed by atoms with Crippen LogP contribution in [0.25, 0.3) is 21.6 Å². The van der Waals surface area contributed by atoms with Crippen molar-refractivity contribution in [1.29, 1.82) is 0 Å². The van der Waals surface area contributed by atoms with Gasteiger partial charge in [0.1, 0.15) is 10.6 Å². The van der Waals surface area contributed by atoms with Crippen LogP contribution in [0, 0.1) is 0 Å². The monoisotopic (exact) mass is 436 g/mol. The molecule has 0 atom stereocenters. The van der Waals surface area contributed by atoms with Crippen molar-refractivity contribution >= 4 is 37.2 Å². The van der Waals surface area contributed by atoms with Gasteiger partial charge in [-0.1, -0.05) is 0 Å². The molecule has 1 fully saturated rings. The molecule has 0 aliphatic carbocycles. The highest BCUT2D eigenvalue weighted by molar-refractivity contribution is 7.90. The second-order valence-corrected chi connectivity index (χ2v) is 9.96. The molecule has 10 nitrogen and oxygen atoms in total. The molecule has 2 N–H and O–H groups in total. The summed E-state index contributed by atoms with van der Waals surface area (Å²) in [6.07, 6.45) is 4.19. The fraction of sp³-hybridized carbons (Fsp3) is 0.412. The van der Waals surface area contributed by atoms with Crippen molar-refractivity contribution in [2.75, 3.05) is 43.3 Å². The molecule has 12 heteroatoms. The van der Waals surface area contributed by atoms with E-state index in [1.807, 2.05) is 6.07 Å². The van der Waals surface area contributed by atoms with Crippen LogP contribution in [0.5, 0.6) is 0 Å². The van der Waals surface area contributed by atoms with Crippen LogP contribution in [0.1, 0.15) is 4.88 Å². The Bertz CT molecular complexity index is 1160. The van der Waals surface area contributed by atoms with E-state index >= 15 is 0 Å². The summed E-state index contributed by atoms with van der Waals surface area (Å²) in [7, 11) is -3.09. The summed E-state index contributed by atoms with van der Waals surface area (Å²) in [6.45, 7) is 3.09. The molecule has 4 heterocycles. The molecule has 3 aromatic heterocycles. The van der Waals surface area contributed by atoms with Gasteiger partial charge < -0.3 is 14.6 Å². The molecule has 0 saturated carbocycles. The number of rotatable bonds is 6. The van der Waals surface area contributed by atoms with Crippen LogP contribution in [-0.4, -0.2) is 66.8 Å². The van der Waals surface area contributed by atoms with Crippen LogP contribution in [0.3, 0.4) is 0 Å². The molecule has 0 radical (unpaired) electrons. The van der Waals surface area contributed by atoms with Crippen molar-refractivity contribution in [1.82, 2.24) is 25.3 Å². The van der Waals surface area contributed by atoms with E-state index in [2.05, 4.69) is 25.2 Å². The van der Waals surface area contributed by atoms with E-state index in [1.54, 1.807) is 6.20 Å². The largest absolute Gasteiger partial charge is 0.378 e. The van der Waals surface area contributed by atoms with Crippen molar-refractivity contribution in [2.24, 2.45) is 0 Å². The van der Waals surface area contributed by atoms with Crippen LogP contribution in [0.4, 0.5) is 5.82 Å². The maximum absolute atomic E-state index is 11.3. The van der Waals surface area contributed by atoms with Gasteiger partial charge in [-0.05, 0) is 6.07 Å². The zero-order valence-corrected chi connectivity index (χ0v) is 17.3. The van der Waals surface area contributed by atoms with Crippen LogP contribution in [0.2, 0.25) is 0 Å². The maximum atomic E-state index is 11.3. The first-order chi connectivity index (χ1) is 13.9. The molecule has 0 bridgehead atoms. The highest BCUT2D eigenvalue weighted by Gasteiger charge is 2.20. The number of nitrogens with zero attached hydrogens (tertiary/aromatic N) is 4. The zero-order valence-electron chi connectivity index (χ0n) is 15.7. The Hall–Kier alpha value is -2.41. The number of hydrogen-bond donors (Lipinski definition) is 2. The van der Waals surface area contributed by atoms with Gasteiger partial charge in [0.15, 0.2) is 15.7 Å². The number of anilines is 1. The fourth-order valence-corrected chi connectivity index (χ4v) is 4.48. The van der Waals surface area contributed by atoms with Gasteiger partial charge in [-0.2, -0.15) is 0 Å². The number of fused-ring (bicyclic) bond motifs is 1. The average Bonchev–Trinajstić information content (AvgIpc) is 3.10. The summed E-state index contributed by atoms with van der Waals surface area (Å²) in [5.74, 6) is 1.18. The molecule has 1 aliphatic rings. The molecule has 1 saturated heterocycles. The SMILES string of the molecule is CS(=O)(=O)CNCc1cc2c(N3CCOCC3)nc(-c3cnc(=O)[nH]c3)nc2s1. The van der Waals surface area contributed by atoms with Crippen LogP contribution < -0.4 is 15.9 Å². The highest BCUT2D eigenvalue weighted by atomic mass is 32.2. The summed E-state index contributed by atoms with van der Waals surface area (Å²) in [6, 6.07) is 2.00. The lowest BCUT2D eigenvalue weighted by Crippen LogP contribution is -2.37. The van der Waals surface area contributed by atoms with Gasteiger partial charge in [-0.3, -0.25) is 5.32 Å². The molecule has 1 aliphatic heterocycles. The molecule has 154 valence electrons. The lowest BCUT2D eigenvalue weighted by atomic mass is 10.2. The van der Waals surface area contributed by atoms with Crippen molar-refractivity contribution in [3.05, 3.63) is 33.8 Å². The van der Waals surface area contributed by atoms with E-state index in [-0.39, 0.29) is 5.88 Å². The molecule has 0 amide bonds. The van der Waals surface area contributed by atoms with Crippen molar-refractivity contribution < 1.29 is 13.2 Å². The minimum Gasteiger partial charge on any atom is -0.378 e. The van der Waals surface area contributed by atoms with Gasteiger partial charge >= 0.3 is 5.69 Å². The summed E-state index contributed by atoms with van der Waals surface area (Å²) >= 11 is 1.48. The first-order valence-corrected chi connectivity index (χ1v) is 11.8. The first kappa shape index (κ1) is 19.9. The highest BCUT2D eigenvalue weighted by Crippen LogP contribution is 2.33. The third-order valence-corrected chi connectivity index (χ3v) is 6.09. The van der Waals surface area contributed by atoms with Gasteiger partial charge in [0.05, 0.1) is 30.0 Å². The fourth-order valence-electron chi connectivity index (χ4n) is 3.01. The predicted octanol–water partition coefficient (Wildman–Crippen LogP) is 0.370.